The maximum absolute atomic E-state index is 5.97. The summed E-state index contributed by atoms with van der Waals surface area (Å²) in [4.78, 5) is 12.9. The maximum atomic E-state index is 5.97. The van der Waals surface area contributed by atoms with Gasteiger partial charge in [-0.15, -0.1) is 21.5 Å². The number of hydrogen-bond acceptors (Lipinski definition) is 7. The summed E-state index contributed by atoms with van der Waals surface area (Å²) >= 11 is 1.68. The van der Waals surface area contributed by atoms with Crippen molar-refractivity contribution in [2.24, 2.45) is 0 Å². The van der Waals surface area contributed by atoms with Crippen LogP contribution in [0.1, 0.15) is 37.5 Å². The third-order valence-electron chi connectivity index (χ3n) is 4.69. The molecule has 0 saturated carbocycles. The fraction of sp³-hybridized carbons (Fsp3) is 0.500. The number of nitrogens with zero attached hydrogens (tertiary/aromatic N) is 6. The van der Waals surface area contributed by atoms with E-state index in [-0.39, 0.29) is 0 Å². The van der Waals surface area contributed by atoms with Crippen LogP contribution in [0.5, 0.6) is 0 Å². The van der Waals surface area contributed by atoms with E-state index in [9.17, 15) is 0 Å². The molecule has 4 rings (SSSR count). The van der Waals surface area contributed by atoms with Crippen molar-refractivity contribution in [3.8, 4) is 0 Å². The van der Waals surface area contributed by atoms with Gasteiger partial charge in [-0.2, -0.15) is 0 Å². The predicted octanol–water partition coefficient (Wildman–Crippen LogP) is 2.58. The molecule has 0 amide bonds. The van der Waals surface area contributed by atoms with Crippen LogP contribution in [0.4, 0.5) is 11.8 Å². The Morgan fingerprint density at radius 1 is 1.25 bits per heavy atom. The van der Waals surface area contributed by atoms with Gasteiger partial charge in [-0.05, 0) is 31.2 Å². The third-order valence-corrected chi connectivity index (χ3v) is 5.50. The average Bonchev–Trinajstić information content (AvgIpc) is 3.20. The SMILES string of the molecule is CCc1nc(N2CCC(n3c(C)nnc3N)CC2)c2ccsc2n1. The molecule has 2 N–H and O–H groups in total. The number of thiophene rings is 1. The van der Waals surface area contributed by atoms with Crippen molar-refractivity contribution in [2.75, 3.05) is 23.7 Å². The predicted molar refractivity (Wildman–Crippen MR) is 96.4 cm³/mol. The fourth-order valence-electron chi connectivity index (χ4n) is 3.45. The molecule has 1 saturated heterocycles. The highest BCUT2D eigenvalue weighted by Crippen LogP contribution is 2.32. The summed E-state index contributed by atoms with van der Waals surface area (Å²) < 4.78 is 2.06. The zero-order chi connectivity index (χ0) is 16.7. The van der Waals surface area contributed by atoms with Gasteiger partial charge in [0.2, 0.25) is 5.95 Å². The molecule has 0 bridgehead atoms. The molecule has 3 aromatic heterocycles. The molecule has 1 aliphatic heterocycles. The lowest BCUT2D eigenvalue weighted by Crippen LogP contribution is -2.36. The Morgan fingerprint density at radius 2 is 2.04 bits per heavy atom. The molecular weight excluding hydrogens is 322 g/mol. The van der Waals surface area contributed by atoms with Gasteiger partial charge in [-0.3, -0.25) is 4.57 Å². The van der Waals surface area contributed by atoms with E-state index in [2.05, 4.69) is 43.0 Å². The Kier molecular flexibility index (Phi) is 3.84. The minimum absolute atomic E-state index is 0.363. The lowest BCUT2D eigenvalue weighted by atomic mass is 10.0. The first-order valence-electron chi connectivity index (χ1n) is 8.33. The van der Waals surface area contributed by atoms with Crippen molar-refractivity contribution in [2.45, 2.75) is 39.2 Å². The lowest BCUT2D eigenvalue weighted by molar-refractivity contribution is 0.392. The van der Waals surface area contributed by atoms with Crippen LogP contribution in [0.2, 0.25) is 0 Å². The highest BCUT2D eigenvalue weighted by atomic mass is 32.1. The summed E-state index contributed by atoms with van der Waals surface area (Å²) in [5.74, 6) is 3.40. The number of anilines is 2. The van der Waals surface area contributed by atoms with Crippen molar-refractivity contribution >= 4 is 33.3 Å². The Labute approximate surface area is 144 Å². The molecule has 0 spiro atoms. The number of aromatic nitrogens is 5. The molecule has 1 aliphatic rings. The molecule has 4 heterocycles. The normalized spacial score (nSPS) is 16.2. The van der Waals surface area contributed by atoms with E-state index < -0.39 is 0 Å². The molecule has 3 aromatic rings. The molecule has 0 atom stereocenters. The largest absolute Gasteiger partial charge is 0.368 e. The number of nitrogen functional groups attached to an aromatic ring is 1. The Hall–Kier alpha value is -2.22. The van der Waals surface area contributed by atoms with Crippen LogP contribution in [0, 0.1) is 6.92 Å². The van der Waals surface area contributed by atoms with Gasteiger partial charge in [-0.1, -0.05) is 6.92 Å². The van der Waals surface area contributed by atoms with Crippen molar-refractivity contribution in [1.82, 2.24) is 24.7 Å². The van der Waals surface area contributed by atoms with Crippen molar-refractivity contribution in [3.63, 3.8) is 0 Å². The minimum Gasteiger partial charge on any atom is -0.368 e. The minimum atomic E-state index is 0.363. The molecule has 1 fully saturated rings. The quantitative estimate of drug-likeness (QED) is 0.786. The molecular formula is C16H21N7S. The van der Waals surface area contributed by atoms with Crippen LogP contribution >= 0.6 is 11.3 Å². The highest BCUT2D eigenvalue weighted by molar-refractivity contribution is 7.16. The zero-order valence-corrected chi connectivity index (χ0v) is 14.8. The number of piperidine rings is 1. The van der Waals surface area contributed by atoms with E-state index in [1.165, 1.54) is 0 Å². The van der Waals surface area contributed by atoms with Gasteiger partial charge in [0, 0.05) is 25.6 Å². The zero-order valence-electron chi connectivity index (χ0n) is 13.9. The second-order valence-electron chi connectivity index (χ2n) is 6.15. The van der Waals surface area contributed by atoms with Gasteiger partial charge < -0.3 is 10.6 Å². The number of hydrogen-bond donors (Lipinski definition) is 1. The van der Waals surface area contributed by atoms with Crippen LogP contribution in [0.15, 0.2) is 11.4 Å². The second-order valence-corrected chi connectivity index (χ2v) is 7.04. The number of fused-ring (bicyclic) bond motifs is 1. The summed E-state index contributed by atoms with van der Waals surface area (Å²) in [5.41, 5.74) is 5.97. The third kappa shape index (κ3) is 2.50. The number of aryl methyl sites for hydroxylation is 2. The summed E-state index contributed by atoms with van der Waals surface area (Å²) in [6, 6.07) is 2.49. The van der Waals surface area contributed by atoms with E-state index in [4.69, 9.17) is 10.7 Å². The van der Waals surface area contributed by atoms with E-state index in [0.717, 1.165) is 60.0 Å². The second kappa shape index (κ2) is 6.01. The van der Waals surface area contributed by atoms with Crippen molar-refractivity contribution in [3.05, 3.63) is 23.1 Å². The van der Waals surface area contributed by atoms with Gasteiger partial charge in [0.25, 0.3) is 0 Å². The van der Waals surface area contributed by atoms with Gasteiger partial charge in [0.1, 0.15) is 22.3 Å². The standard InChI is InChI=1S/C16H21N7S/c1-3-13-18-14(12-6-9-24-15(12)19-13)22-7-4-11(5-8-22)23-10(2)20-21-16(23)17/h6,9,11H,3-5,7-8H2,1-2H3,(H2,17,21). The monoisotopic (exact) mass is 343 g/mol. The Morgan fingerprint density at radius 3 is 2.71 bits per heavy atom. The van der Waals surface area contributed by atoms with Crippen LogP contribution in [-0.2, 0) is 6.42 Å². The van der Waals surface area contributed by atoms with Gasteiger partial charge >= 0.3 is 0 Å². The Bertz CT molecular complexity index is 841. The van der Waals surface area contributed by atoms with E-state index in [1.54, 1.807) is 11.3 Å². The molecule has 7 nitrogen and oxygen atoms in total. The molecule has 24 heavy (non-hydrogen) atoms. The first-order chi connectivity index (χ1) is 11.7. The van der Waals surface area contributed by atoms with E-state index in [1.807, 2.05) is 6.92 Å². The summed E-state index contributed by atoms with van der Waals surface area (Å²) in [5, 5.41) is 11.3. The molecule has 126 valence electrons. The first-order valence-corrected chi connectivity index (χ1v) is 9.21. The highest BCUT2D eigenvalue weighted by Gasteiger charge is 2.25. The van der Waals surface area contributed by atoms with Crippen LogP contribution in [0.3, 0.4) is 0 Å². The summed E-state index contributed by atoms with van der Waals surface area (Å²) in [7, 11) is 0. The smallest absolute Gasteiger partial charge is 0.222 e. The average molecular weight is 343 g/mol. The van der Waals surface area contributed by atoms with Crippen LogP contribution in [-0.4, -0.2) is 37.8 Å². The van der Waals surface area contributed by atoms with Crippen LogP contribution in [0.25, 0.3) is 10.2 Å². The molecule has 8 heteroatoms. The fourth-order valence-corrected chi connectivity index (χ4v) is 4.23. The topological polar surface area (TPSA) is 85.8 Å². The number of nitrogens with two attached hydrogens (primary N) is 1. The number of rotatable bonds is 3. The first kappa shape index (κ1) is 15.3. The van der Waals surface area contributed by atoms with E-state index >= 15 is 0 Å². The van der Waals surface area contributed by atoms with Crippen LogP contribution < -0.4 is 10.6 Å². The van der Waals surface area contributed by atoms with Crippen molar-refractivity contribution in [1.29, 1.82) is 0 Å². The summed E-state index contributed by atoms with van der Waals surface area (Å²) in [6.07, 6.45) is 2.88. The van der Waals surface area contributed by atoms with E-state index in [0.29, 0.717) is 12.0 Å². The van der Waals surface area contributed by atoms with Crippen molar-refractivity contribution < 1.29 is 0 Å². The maximum Gasteiger partial charge on any atom is 0.222 e. The lowest BCUT2D eigenvalue weighted by Gasteiger charge is -2.34. The molecule has 0 aromatic carbocycles. The van der Waals surface area contributed by atoms with Gasteiger partial charge in [0.05, 0.1) is 5.39 Å². The van der Waals surface area contributed by atoms with Gasteiger partial charge in [0.15, 0.2) is 0 Å². The summed E-state index contributed by atoms with van der Waals surface area (Å²) in [6.45, 7) is 5.96. The molecule has 0 aliphatic carbocycles. The molecule has 0 unspecified atom stereocenters. The van der Waals surface area contributed by atoms with Gasteiger partial charge in [-0.25, -0.2) is 9.97 Å². The molecule has 0 radical (unpaired) electrons. The Balaban J connectivity index is 1.59.